The van der Waals surface area contributed by atoms with Crippen molar-refractivity contribution in [3.63, 3.8) is 0 Å². The van der Waals surface area contributed by atoms with Gasteiger partial charge in [0.15, 0.2) is 0 Å². The molecule has 2 N–H and O–H groups in total. The van der Waals surface area contributed by atoms with Crippen molar-refractivity contribution >= 4 is 40.1 Å². The molecule has 0 amide bonds. The second-order valence-electron chi connectivity index (χ2n) is 4.67. The second kappa shape index (κ2) is 5.94. The summed E-state index contributed by atoms with van der Waals surface area (Å²) in [6.07, 6.45) is 3.46. The van der Waals surface area contributed by atoms with E-state index in [4.69, 9.17) is 11.6 Å². The number of halogens is 1. The zero-order valence-electron chi connectivity index (χ0n) is 10.9. The van der Waals surface area contributed by atoms with Crippen molar-refractivity contribution in [1.29, 1.82) is 0 Å². The van der Waals surface area contributed by atoms with E-state index in [9.17, 15) is 5.11 Å². The zero-order chi connectivity index (χ0) is 13.9. The van der Waals surface area contributed by atoms with E-state index in [-0.39, 0.29) is 0 Å². The molecule has 1 atom stereocenters. The molecule has 0 fully saturated rings. The number of thioether (sulfide) groups is 1. The molecule has 2 aromatic rings. The maximum atomic E-state index is 10.1. The van der Waals surface area contributed by atoms with Crippen LogP contribution in [-0.2, 0) is 0 Å². The van der Waals surface area contributed by atoms with E-state index < -0.39 is 5.60 Å². The maximum Gasteiger partial charge on any atom is 0.137 e. The summed E-state index contributed by atoms with van der Waals surface area (Å²) in [7, 11) is 0. The van der Waals surface area contributed by atoms with Crippen LogP contribution >= 0.6 is 23.4 Å². The Hall–Kier alpha value is -1.04. The van der Waals surface area contributed by atoms with Gasteiger partial charge >= 0.3 is 0 Å². The van der Waals surface area contributed by atoms with Crippen molar-refractivity contribution in [3.05, 3.63) is 29.5 Å². The minimum atomic E-state index is -0.775. The molecule has 0 bridgehead atoms. The molecule has 0 aliphatic heterocycles. The summed E-state index contributed by atoms with van der Waals surface area (Å²) in [5, 5.41) is 14.9. The molecule has 0 saturated carbocycles. The molecule has 2 rings (SSSR count). The minimum Gasteiger partial charge on any atom is -0.387 e. The van der Waals surface area contributed by atoms with Gasteiger partial charge in [0.2, 0.25) is 0 Å². The lowest BCUT2D eigenvalue weighted by atomic mass is 10.1. The van der Waals surface area contributed by atoms with Crippen molar-refractivity contribution in [3.8, 4) is 0 Å². The summed E-state index contributed by atoms with van der Waals surface area (Å²) < 4.78 is 0. The van der Waals surface area contributed by atoms with E-state index in [0.717, 1.165) is 10.9 Å². The van der Waals surface area contributed by atoms with E-state index in [1.807, 2.05) is 12.3 Å². The Morgan fingerprint density at radius 3 is 2.95 bits per heavy atom. The summed E-state index contributed by atoms with van der Waals surface area (Å²) >= 11 is 7.55. The summed E-state index contributed by atoms with van der Waals surface area (Å²) in [5.41, 5.74) is 0.0119. The van der Waals surface area contributed by atoms with Crippen LogP contribution < -0.4 is 5.32 Å². The quantitative estimate of drug-likeness (QED) is 0.889. The molecule has 102 valence electrons. The topological polar surface area (TPSA) is 58.0 Å². The first kappa shape index (κ1) is 14.4. The number of fused-ring (bicyclic) bond motifs is 1. The highest BCUT2D eigenvalue weighted by Crippen LogP contribution is 2.23. The zero-order valence-corrected chi connectivity index (χ0v) is 12.4. The number of anilines is 1. The van der Waals surface area contributed by atoms with E-state index in [1.54, 1.807) is 30.8 Å². The molecular weight excluding hydrogens is 282 g/mol. The molecular formula is C13H16ClN3OS. The molecule has 0 saturated heterocycles. The molecule has 1 unspecified atom stereocenters. The van der Waals surface area contributed by atoms with Gasteiger partial charge in [0, 0.05) is 22.7 Å². The molecule has 1 aromatic carbocycles. The molecule has 4 nitrogen and oxygen atoms in total. The lowest BCUT2D eigenvalue weighted by Crippen LogP contribution is -2.36. The van der Waals surface area contributed by atoms with Gasteiger partial charge in [-0.3, -0.25) is 0 Å². The van der Waals surface area contributed by atoms with Gasteiger partial charge in [-0.25, -0.2) is 9.97 Å². The third-order valence-electron chi connectivity index (χ3n) is 2.69. The van der Waals surface area contributed by atoms with Crippen LogP contribution in [0.4, 0.5) is 5.82 Å². The second-order valence-corrected chi connectivity index (χ2v) is 5.97. The standard InChI is InChI=1S/C13H16ClN3OS/c1-13(18,7-19-2)6-15-12-10-4-3-9(14)5-11(10)16-8-17-12/h3-5,8,18H,6-7H2,1-2H3,(H,15,16,17). The monoisotopic (exact) mass is 297 g/mol. The van der Waals surface area contributed by atoms with Crippen molar-refractivity contribution in [2.75, 3.05) is 23.9 Å². The Balaban J connectivity index is 2.21. The summed E-state index contributed by atoms with van der Waals surface area (Å²) in [5.74, 6) is 1.37. The Bertz CT molecular complexity index is 577. The van der Waals surface area contributed by atoms with Gasteiger partial charge in [-0.1, -0.05) is 11.6 Å². The fraction of sp³-hybridized carbons (Fsp3) is 0.385. The summed E-state index contributed by atoms with van der Waals surface area (Å²) in [6.45, 7) is 2.24. The molecule has 1 aromatic heterocycles. The third-order valence-corrected chi connectivity index (χ3v) is 3.84. The number of hydrogen-bond donors (Lipinski definition) is 2. The van der Waals surface area contributed by atoms with Crippen molar-refractivity contribution in [2.24, 2.45) is 0 Å². The van der Waals surface area contributed by atoms with E-state index in [1.165, 1.54) is 6.33 Å². The van der Waals surface area contributed by atoms with Gasteiger partial charge in [-0.05, 0) is 31.4 Å². The lowest BCUT2D eigenvalue weighted by molar-refractivity contribution is 0.0996. The maximum absolute atomic E-state index is 10.1. The fourth-order valence-corrected chi connectivity index (χ4v) is 2.70. The van der Waals surface area contributed by atoms with Crippen LogP contribution in [0.5, 0.6) is 0 Å². The van der Waals surface area contributed by atoms with E-state index >= 15 is 0 Å². The van der Waals surface area contributed by atoms with Crippen LogP contribution in [0, 0.1) is 0 Å². The first-order valence-corrected chi connectivity index (χ1v) is 7.64. The third kappa shape index (κ3) is 3.72. The van der Waals surface area contributed by atoms with Crippen LogP contribution in [0.25, 0.3) is 10.9 Å². The lowest BCUT2D eigenvalue weighted by Gasteiger charge is -2.23. The van der Waals surface area contributed by atoms with E-state index in [0.29, 0.717) is 23.1 Å². The van der Waals surface area contributed by atoms with Crippen molar-refractivity contribution in [1.82, 2.24) is 9.97 Å². The van der Waals surface area contributed by atoms with Gasteiger partial charge in [-0.15, -0.1) is 0 Å². The SMILES string of the molecule is CSCC(C)(O)CNc1ncnc2cc(Cl)ccc12. The summed E-state index contributed by atoms with van der Waals surface area (Å²) in [6, 6.07) is 5.48. The van der Waals surface area contributed by atoms with Crippen molar-refractivity contribution in [2.45, 2.75) is 12.5 Å². The highest BCUT2D eigenvalue weighted by atomic mass is 35.5. The van der Waals surface area contributed by atoms with Crippen LogP contribution in [-0.4, -0.2) is 39.2 Å². The van der Waals surface area contributed by atoms with Crippen molar-refractivity contribution < 1.29 is 5.11 Å². The molecule has 0 spiro atoms. The number of rotatable bonds is 5. The molecule has 0 aliphatic carbocycles. The normalized spacial score (nSPS) is 14.3. The van der Waals surface area contributed by atoms with Crippen LogP contribution in [0.2, 0.25) is 5.02 Å². The van der Waals surface area contributed by atoms with Crippen LogP contribution in [0.3, 0.4) is 0 Å². The van der Waals surface area contributed by atoms with Gasteiger partial charge in [-0.2, -0.15) is 11.8 Å². The molecule has 0 aliphatic rings. The van der Waals surface area contributed by atoms with Gasteiger partial charge in [0.05, 0.1) is 11.1 Å². The first-order chi connectivity index (χ1) is 9.02. The number of aliphatic hydroxyl groups is 1. The first-order valence-electron chi connectivity index (χ1n) is 5.87. The number of aromatic nitrogens is 2. The minimum absolute atomic E-state index is 0.433. The average molecular weight is 298 g/mol. The number of hydrogen-bond acceptors (Lipinski definition) is 5. The molecule has 1 heterocycles. The Labute approximate surface area is 121 Å². The molecule has 0 radical (unpaired) electrons. The molecule has 6 heteroatoms. The predicted octanol–water partition coefficient (Wildman–Crippen LogP) is 2.81. The largest absolute Gasteiger partial charge is 0.387 e. The Morgan fingerprint density at radius 2 is 2.21 bits per heavy atom. The Morgan fingerprint density at radius 1 is 1.42 bits per heavy atom. The smallest absolute Gasteiger partial charge is 0.137 e. The van der Waals surface area contributed by atoms with Gasteiger partial charge in [0.1, 0.15) is 12.1 Å². The molecule has 19 heavy (non-hydrogen) atoms. The summed E-state index contributed by atoms with van der Waals surface area (Å²) in [4.78, 5) is 8.40. The number of nitrogens with one attached hydrogen (secondary N) is 1. The Kier molecular flexibility index (Phi) is 4.50. The van der Waals surface area contributed by atoms with E-state index in [2.05, 4.69) is 15.3 Å². The number of benzene rings is 1. The van der Waals surface area contributed by atoms with Gasteiger partial charge in [0.25, 0.3) is 0 Å². The fourth-order valence-electron chi connectivity index (χ4n) is 1.81. The average Bonchev–Trinajstić information content (AvgIpc) is 2.36. The predicted molar refractivity (Wildman–Crippen MR) is 82.0 cm³/mol. The van der Waals surface area contributed by atoms with Crippen LogP contribution in [0.1, 0.15) is 6.92 Å². The van der Waals surface area contributed by atoms with Gasteiger partial charge < -0.3 is 10.4 Å². The number of nitrogens with zero attached hydrogens (tertiary/aromatic N) is 2. The highest BCUT2D eigenvalue weighted by Gasteiger charge is 2.19. The van der Waals surface area contributed by atoms with Crippen LogP contribution in [0.15, 0.2) is 24.5 Å². The highest BCUT2D eigenvalue weighted by molar-refractivity contribution is 7.98.